The number of ether oxygens (including phenoxy) is 5. The van der Waals surface area contributed by atoms with Gasteiger partial charge in [-0.25, -0.2) is 41.1 Å². The first kappa shape index (κ1) is 89.8. The zero-order chi connectivity index (χ0) is 67.7. The molecule has 13 atom stereocenters. The largest absolute Gasteiger partial charge is 0.472 e. The topological polar surface area (TPSA) is 579 Å². The summed E-state index contributed by atoms with van der Waals surface area (Å²) in [6.45, 7) is -0.551. The van der Waals surface area contributed by atoms with Crippen LogP contribution in [-0.2, 0) is 142 Å². The van der Waals surface area contributed by atoms with Gasteiger partial charge in [-0.05, 0) is 32.1 Å². The first-order chi connectivity index (χ1) is 41.4. The van der Waals surface area contributed by atoms with Gasteiger partial charge in [0.15, 0.2) is 0 Å². The molecule has 0 bridgehead atoms. The number of rotatable bonds is 63. The minimum Gasteiger partial charge on any atom is -0.394 e. The summed E-state index contributed by atoms with van der Waals surface area (Å²) >= 11 is 0. The molecule has 0 rings (SSSR count). The maximum Gasteiger partial charge on any atom is 0.472 e. The third-order valence-electron chi connectivity index (χ3n) is 9.82. The third kappa shape index (κ3) is 52.5. The van der Waals surface area contributed by atoms with E-state index in [1.807, 2.05) is 0 Å². The fourth-order valence-electron chi connectivity index (χ4n) is 5.38. The van der Waals surface area contributed by atoms with Crippen molar-refractivity contribution < 1.29 is 196 Å². The summed E-state index contributed by atoms with van der Waals surface area (Å²) in [5, 5.41) is 9.05. The molecule has 13 unspecified atom stereocenters. The van der Waals surface area contributed by atoms with Gasteiger partial charge in [0.25, 0.3) is 0 Å². The summed E-state index contributed by atoms with van der Waals surface area (Å²) in [4.78, 5) is 97.4. The standard InChI is InChI=1S/C38H87O42P9/c1-6-34(29-39)77-86(51,52)68-22-20-63-18-16-61-14-12-59-11-13-60-15-17-62-19-21-64-82(43,44)73-31-36(8-3)78-87(53,54)70-27-24-66-84(47,48)75-33-38(10-5)80-89(57,58)71-28-25-67-85(49,50)74-32-37(9-4)79-88(55,56)69-26-23-65-83(45,46)72-30-35(7-2)76-81(40,41)42/h34-39H,6-33H2,1-5H3,(H,43,44)(H,45,46)(H,47,48)(H,49,50)(H,51,52)(H,53,54)(H,55,56)(H,57,58)(H2,40,41,42). The maximum absolute atomic E-state index is 12.5. The van der Waals surface area contributed by atoms with Crippen LogP contribution in [0.1, 0.15) is 66.7 Å². The number of hydrogen-bond acceptors (Lipinski definition) is 32. The van der Waals surface area contributed by atoms with E-state index in [0.29, 0.717) is 6.42 Å². The van der Waals surface area contributed by atoms with E-state index in [4.69, 9.17) is 83.8 Å². The number of aliphatic hydroxyl groups is 1. The molecule has 0 fully saturated rings. The molecule has 89 heavy (non-hydrogen) atoms. The lowest BCUT2D eigenvalue weighted by atomic mass is 10.3. The van der Waals surface area contributed by atoms with Crippen LogP contribution < -0.4 is 0 Å². The highest BCUT2D eigenvalue weighted by atomic mass is 31.2. The molecule has 536 valence electrons. The Labute approximate surface area is 513 Å². The second kappa shape index (κ2) is 47.7. The van der Waals surface area contributed by atoms with E-state index >= 15 is 0 Å². The normalized spacial score (nSPS) is 19.7. The van der Waals surface area contributed by atoms with Crippen LogP contribution in [0.2, 0.25) is 0 Å². The van der Waals surface area contributed by atoms with Gasteiger partial charge in [-0.3, -0.25) is 76.9 Å². The van der Waals surface area contributed by atoms with Crippen LogP contribution >= 0.6 is 70.4 Å². The molecule has 0 saturated carbocycles. The van der Waals surface area contributed by atoms with Crippen molar-refractivity contribution in [2.45, 2.75) is 97.2 Å². The predicted molar refractivity (Wildman–Crippen MR) is 299 cm³/mol. The molecule has 0 aliphatic rings. The van der Waals surface area contributed by atoms with Crippen molar-refractivity contribution in [3.63, 3.8) is 0 Å². The Balaban J connectivity index is 4.41. The van der Waals surface area contributed by atoms with Crippen LogP contribution in [0.4, 0.5) is 0 Å². The number of phosphoric ester groups is 9. The maximum atomic E-state index is 12.5. The Kier molecular flexibility index (Phi) is 48.1. The van der Waals surface area contributed by atoms with E-state index in [9.17, 15) is 80.2 Å². The number of phosphoric acid groups is 9. The second-order valence-electron chi connectivity index (χ2n) is 17.0. The van der Waals surface area contributed by atoms with E-state index in [2.05, 4.69) is 31.7 Å². The molecule has 0 radical (unpaired) electrons. The predicted octanol–water partition coefficient (Wildman–Crippen LogP) is 4.13. The fourth-order valence-corrected chi connectivity index (χ4v) is 12.7. The molecule has 0 aromatic heterocycles. The van der Waals surface area contributed by atoms with Crippen molar-refractivity contribution >= 4 is 70.4 Å². The Morgan fingerprint density at radius 2 is 0.404 bits per heavy atom. The monoisotopic (exact) mass is 1490 g/mol. The van der Waals surface area contributed by atoms with Crippen molar-refractivity contribution in [1.82, 2.24) is 0 Å². The van der Waals surface area contributed by atoms with Crippen molar-refractivity contribution in [2.75, 3.05) is 152 Å². The Bertz CT molecular complexity index is 2310. The van der Waals surface area contributed by atoms with Crippen LogP contribution in [0.25, 0.3) is 0 Å². The molecule has 0 spiro atoms. The molecule has 0 aliphatic heterocycles. The van der Waals surface area contributed by atoms with Crippen LogP contribution in [0, 0.1) is 0 Å². The minimum atomic E-state index is -5.04. The summed E-state index contributed by atoms with van der Waals surface area (Å²) in [7, 11) is -43.8. The molecule has 0 aromatic carbocycles. The van der Waals surface area contributed by atoms with Gasteiger partial charge in [0.05, 0.1) is 182 Å². The highest BCUT2D eigenvalue weighted by Crippen LogP contribution is 2.52. The van der Waals surface area contributed by atoms with E-state index in [-0.39, 0.29) is 98.4 Å². The molecule has 42 nitrogen and oxygen atoms in total. The molecular weight excluding hydrogens is 1410 g/mol. The van der Waals surface area contributed by atoms with E-state index in [0.717, 1.165) is 0 Å². The van der Waals surface area contributed by atoms with Crippen molar-refractivity contribution in [2.24, 2.45) is 0 Å². The summed E-state index contributed by atoms with van der Waals surface area (Å²) in [6.07, 6.45) is -6.27. The molecule has 0 amide bonds. The van der Waals surface area contributed by atoms with Crippen molar-refractivity contribution in [3.05, 3.63) is 0 Å². The Morgan fingerprint density at radius 3 is 0.596 bits per heavy atom. The first-order valence-electron chi connectivity index (χ1n) is 26.7. The van der Waals surface area contributed by atoms with Gasteiger partial charge in [0.2, 0.25) is 0 Å². The average molecular weight is 1490 g/mol. The van der Waals surface area contributed by atoms with Gasteiger partial charge in [0.1, 0.15) is 0 Å². The highest BCUT2D eigenvalue weighted by molar-refractivity contribution is 7.49. The summed E-state index contributed by atoms with van der Waals surface area (Å²) in [5.74, 6) is 0. The average Bonchev–Trinajstić information content (AvgIpc) is 3.54. The third-order valence-corrected chi connectivity index (χ3v) is 18.6. The molecule has 0 aliphatic carbocycles. The second-order valence-corrected chi connectivity index (χ2v) is 29.6. The SMILES string of the molecule is CCC(COP(=O)(O)OCCOP(=O)(O)OC(CC)COP(=O)(O)OCCOP(=O)(O)OC(CC)COP(=O)(O)OCCOP(=O)(O)OC(CC)COP(=O)(O)OCCOCCOCCOCCOCCOCCOP(=O)(O)OC(CC)CO)OP(=O)(O)O. The van der Waals surface area contributed by atoms with Crippen molar-refractivity contribution in [3.8, 4) is 0 Å². The van der Waals surface area contributed by atoms with E-state index in [1.54, 1.807) is 6.92 Å². The summed E-state index contributed by atoms with van der Waals surface area (Å²) < 4.78 is 216. The highest BCUT2D eigenvalue weighted by Gasteiger charge is 2.35. The molecule has 11 N–H and O–H groups in total. The van der Waals surface area contributed by atoms with Gasteiger partial charge >= 0.3 is 70.4 Å². The van der Waals surface area contributed by atoms with Gasteiger partial charge in [-0.1, -0.05) is 34.6 Å². The summed E-state index contributed by atoms with van der Waals surface area (Å²) in [6, 6.07) is 0. The van der Waals surface area contributed by atoms with Crippen LogP contribution in [-0.4, -0.2) is 237 Å². The number of hydrogen-bond donors (Lipinski definition) is 11. The number of aliphatic hydroxyl groups excluding tert-OH is 1. The van der Waals surface area contributed by atoms with E-state index in [1.165, 1.54) is 27.7 Å². The van der Waals surface area contributed by atoms with Crippen LogP contribution in [0.15, 0.2) is 0 Å². The van der Waals surface area contributed by atoms with Gasteiger partial charge in [0, 0.05) is 0 Å². The van der Waals surface area contributed by atoms with Crippen molar-refractivity contribution in [1.29, 1.82) is 0 Å². The van der Waals surface area contributed by atoms with Crippen LogP contribution in [0.3, 0.4) is 0 Å². The van der Waals surface area contributed by atoms with E-state index < -0.39 is 180 Å². The van der Waals surface area contributed by atoms with Crippen LogP contribution in [0.5, 0.6) is 0 Å². The lowest BCUT2D eigenvalue weighted by Gasteiger charge is -2.22. The Morgan fingerprint density at radius 1 is 0.236 bits per heavy atom. The zero-order valence-electron chi connectivity index (χ0n) is 49.3. The molecule has 0 saturated heterocycles. The Hall–Kier alpha value is 0.750. The lowest BCUT2D eigenvalue weighted by Crippen LogP contribution is -2.20. The minimum absolute atomic E-state index is 0.0122. The first-order valence-corrected chi connectivity index (χ1v) is 40.2. The van der Waals surface area contributed by atoms with Gasteiger partial charge in [-0.15, -0.1) is 0 Å². The van der Waals surface area contributed by atoms with Gasteiger partial charge in [-0.2, -0.15) is 0 Å². The molecule has 0 heterocycles. The smallest absolute Gasteiger partial charge is 0.394 e. The quantitative estimate of drug-likeness (QED) is 0.0301. The molecular formula is C38H87O42P9. The van der Waals surface area contributed by atoms with Gasteiger partial charge < -0.3 is 77.7 Å². The summed E-state index contributed by atoms with van der Waals surface area (Å²) in [5.41, 5.74) is 0. The molecule has 51 heteroatoms. The zero-order valence-corrected chi connectivity index (χ0v) is 57.3. The lowest BCUT2D eigenvalue weighted by molar-refractivity contribution is -0.0163. The molecule has 0 aromatic rings. The fraction of sp³-hybridized carbons (Fsp3) is 1.00.